The molecule has 0 aliphatic rings. The second-order valence-electron chi connectivity index (χ2n) is 3.90. The van der Waals surface area contributed by atoms with E-state index < -0.39 is 15.8 Å². The van der Waals surface area contributed by atoms with Crippen LogP contribution in [0.3, 0.4) is 0 Å². The van der Waals surface area contributed by atoms with Crippen LogP contribution in [0.4, 0.5) is 0 Å². The van der Waals surface area contributed by atoms with Crippen molar-refractivity contribution in [1.82, 2.24) is 0 Å². The van der Waals surface area contributed by atoms with Crippen molar-refractivity contribution in [3.63, 3.8) is 0 Å². The molecule has 16 heavy (non-hydrogen) atoms. The summed E-state index contributed by atoms with van der Waals surface area (Å²) in [6, 6.07) is 0. The van der Waals surface area contributed by atoms with Crippen molar-refractivity contribution in [2.24, 2.45) is 11.3 Å². The van der Waals surface area contributed by atoms with E-state index in [4.69, 9.17) is 9.81 Å². The van der Waals surface area contributed by atoms with Crippen LogP contribution in [0.15, 0.2) is 0 Å². The average Bonchev–Trinajstić information content (AvgIpc) is 2.17. The summed E-state index contributed by atoms with van der Waals surface area (Å²) < 4.78 is 33.9. The monoisotopic (exact) mass is 258 g/mol. The van der Waals surface area contributed by atoms with Crippen molar-refractivity contribution in [3.8, 4) is 0 Å². The molecule has 1 unspecified atom stereocenters. The van der Waals surface area contributed by atoms with Crippen LogP contribution in [-0.4, -0.2) is 31.4 Å². The minimum absolute atomic E-state index is 0.00870. The number of hydrogen-bond donors (Lipinski definition) is 2. The van der Waals surface area contributed by atoms with E-state index in [9.17, 15) is 8.42 Å². The maximum absolute atomic E-state index is 10.5. The van der Waals surface area contributed by atoms with Gasteiger partial charge in [-0.1, -0.05) is 25.8 Å². The van der Waals surface area contributed by atoms with Gasteiger partial charge in [-0.05, 0) is 12.3 Å². The molecule has 0 amide bonds. The van der Waals surface area contributed by atoms with Gasteiger partial charge in [-0.15, -0.1) is 0 Å². The van der Waals surface area contributed by atoms with E-state index >= 15 is 0 Å². The maximum Gasteiger partial charge on any atom is 0.397 e. The Morgan fingerprint density at radius 1 is 1.31 bits per heavy atom. The molecular weight excluding hydrogens is 240 g/mol. The summed E-state index contributed by atoms with van der Waals surface area (Å²) in [6.45, 7) is 5.21. The molecule has 0 radical (unpaired) electrons. The fourth-order valence-corrected chi connectivity index (χ4v) is 1.71. The minimum atomic E-state index is -4.48. The molecule has 0 rings (SSSR count). The third kappa shape index (κ3) is 5.19. The average molecular weight is 258 g/mol. The summed E-state index contributed by atoms with van der Waals surface area (Å²) in [6.07, 6.45) is 0.531. The SMILES string of the molecule is CCC(COOO)(COS(=O)(=O)O)C(C)C. The number of rotatable bonds is 8. The molecule has 0 saturated heterocycles. The largest absolute Gasteiger partial charge is 0.397 e. The van der Waals surface area contributed by atoms with Crippen LogP contribution >= 0.6 is 0 Å². The highest BCUT2D eigenvalue weighted by atomic mass is 32.3. The Morgan fingerprint density at radius 3 is 2.19 bits per heavy atom. The lowest BCUT2D eigenvalue weighted by molar-refractivity contribution is -0.498. The molecule has 0 heterocycles. The molecule has 7 nitrogen and oxygen atoms in total. The fourth-order valence-electron chi connectivity index (χ4n) is 1.32. The van der Waals surface area contributed by atoms with E-state index in [1.54, 1.807) is 0 Å². The molecule has 0 aromatic carbocycles. The third-order valence-corrected chi connectivity index (χ3v) is 3.24. The van der Waals surface area contributed by atoms with Gasteiger partial charge in [0.05, 0.1) is 13.2 Å². The zero-order chi connectivity index (χ0) is 12.8. The van der Waals surface area contributed by atoms with Gasteiger partial charge in [-0.3, -0.25) is 4.55 Å². The van der Waals surface area contributed by atoms with Gasteiger partial charge >= 0.3 is 10.4 Å². The highest BCUT2D eigenvalue weighted by Crippen LogP contribution is 2.32. The van der Waals surface area contributed by atoms with Crippen molar-refractivity contribution in [1.29, 1.82) is 0 Å². The van der Waals surface area contributed by atoms with Gasteiger partial charge in [0.1, 0.15) is 0 Å². The quantitative estimate of drug-likeness (QED) is 0.384. The zero-order valence-electron chi connectivity index (χ0n) is 9.54. The Labute approximate surface area is 95.1 Å². The third-order valence-electron chi connectivity index (χ3n) is 2.82. The van der Waals surface area contributed by atoms with Gasteiger partial charge in [0.2, 0.25) is 0 Å². The fraction of sp³-hybridized carbons (Fsp3) is 1.00. The lowest BCUT2D eigenvalue weighted by Crippen LogP contribution is -2.37. The van der Waals surface area contributed by atoms with Crippen molar-refractivity contribution in [2.75, 3.05) is 13.2 Å². The van der Waals surface area contributed by atoms with Crippen molar-refractivity contribution >= 4 is 10.4 Å². The second-order valence-corrected chi connectivity index (χ2v) is 4.99. The standard InChI is InChI=1S/C8H18O7S/c1-4-8(7(2)3,5-13-15-9)6-14-16(10,11)12/h7,9H,4-6H2,1-3H3,(H,10,11,12). The van der Waals surface area contributed by atoms with E-state index in [-0.39, 0.29) is 19.1 Å². The van der Waals surface area contributed by atoms with Crippen molar-refractivity contribution in [2.45, 2.75) is 27.2 Å². The molecule has 0 aliphatic carbocycles. The minimum Gasteiger partial charge on any atom is -0.264 e. The normalized spacial score (nSPS) is 16.4. The molecule has 8 heteroatoms. The molecule has 98 valence electrons. The molecule has 0 spiro atoms. The predicted molar refractivity (Wildman–Crippen MR) is 54.7 cm³/mol. The first-order valence-corrected chi connectivity index (χ1v) is 6.19. The molecule has 0 aliphatic heterocycles. The maximum atomic E-state index is 10.5. The van der Waals surface area contributed by atoms with Crippen molar-refractivity contribution in [3.05, 3.63) is 0 Å². The van der Waals surface area contributed by atoms with E-state index in [0.717, 1.165) is 0 Å². The summed E-state index contributed by atoms with van der Waals surface area (Å²) in [5.74, 6) is 0.00870. The first-order valence-electron chi connectivity index (χ1n) is 4.82. The van der Waals surface area contributed by atoms with E-state index in [2.05, 4.69) is 14.1 Å². The van der Waals surface area contributed by atoms with Crippen LogP contribution in [0.5, 0.6) is 0 Å². The molecular formula is C8H18O7S. The summed E-state index contributed by atoms with van der Waals surface area (Å²) in [4.78, 5) is 4.42. The lowest BCUT2D eigenvalue weighted by atomic mass is 9.76. The number of hydrogen-bond acceptors (Lipinski definition) is 6. The zero-order valence-corrected chi connectivity index (χ0v) is 10.4. The van der Waals surface area contributed by atoms with E-state index in [1.165, 1.54) is 0 Å². The highest BCUT2D eigenvalue weighted by molar-refractivity contribution is 7.80. The Kier molecular flexibility index (Phi) is 6.38. The molecule has 0 aromatic heterocycles. The van der Waals surface area contributed by atoms with Gasteiger partial charge in [0.25, 0.3) is 0 Å². The Hall–Kier alpha value is -0.250. The van der Waals surface area contributed by atoms with E-state index in [0.29, 0.717) is 6.42 Å². The smallest absolute Gasteiger partial charge is 0.264 e. The summed E-state index contributed by atoms with van der Waals surface area (Å²) >= 11 is 0. The highest BCUT2D eigenvalue weighted by Gasteiger charge is 2.35. The molecule has 1 atom stereocenters. The van der Waals surface area contributed by atoms with Gasteiger partial charge in [0, 0.05) is 5.41 Å². The van der Waals surface area contributed by atoms with Crippen LogP contribution in [0.1, 0.15) is 27.2 Å². The first-order chi connectivity index (χ1) is 7.27. The Bertz CT molecular complexity index is 287. The van der Waals surface area contributed by atoms with Gasteiger partial charge in [0.15, 0.2) is 0 Å². The molecule has 0 fully saturated rings. The summed E-state index contributed by atoms with van der Waals surface area (Å²) in [5, 5.41) is 11.6. The second kappa shape index (κ2) is 6.48. The molecule has 2 N–H and O–H groups in total. The lowest BCUT2D eigenvalue weighted by Gasteiger charge is -2.34. The van der Waals surface area contributed by atoms with Gasteiger partial charge < -0.3 is 0 Å². The van der Waals surface area contributed by atoms with Gasteiger partial charge in [-0.25, -0.2) is 14.3 Å². The topological polar surface area (TPSA) is 102 Å². The van der Waals surface area contributed by atoms with Crippen LogP contribution in [-0.2, 0) is 24.5 Å². The first kappa shape index (κ1) is 15.8. The molecule has 0 aromatic rings. The van der Waals surface area contributed by atoms with Crippen LogP contribution in [0, 0.1) is 11.3 Å². The Morgan fingerprint density at radius 2 is 1.88 bits per heavy atom. The molecule has 0 saturated carbocycles. The Balaban J connectivity index is 4.63. The van der Waals surface area contributed by atoms with Crippen LogP contribution in [0.2, 0.25) is 0 Å². The summed E-state index contributed by atoms with van der Waals surface area (Å²) in [7, 11) is -4.48. The summed E-state index contributed by atoms with van der Waals surface area (Å²) in [5.41, 5.74) is -0.668. The predicted octanol–water partition coefficient (Wildman–Crippen LogP) is 1.28. The molecule has 0 bridgehead atoms. The van der Waals surface area contributed by atoms with Gasteiger partial charge in [-0.2, -0.15) is 8.42 Å². The van der Waals surface area contributed by atoms with Crippen LogP contribution in [0.25, 0.3) is 0 Å². The van der Waals surface area contributed by atoms with Crippen molar-refractivity contribution < 1.29 is 32.3 Å². The van der Waals surface area contributed by atoms with Crippen LogP contribution < -0.4 is 0 Å². The van der Waals surface area contributed by atoms with E-state index in [1.807, 2.05) is 20.8 Å².